The summed E-state index contributed by atoms with van der Waals surface area (Å²) in [7, 11) is 0. The molecule has 0 unspecified atom stereocenters. The quantitative estimate of drug-likeness (QED) is 0.446. The molecular formula is C12H18N4O2. The summed E-state index contributed by atoms with van der Waals surface area (Å²) < 4.78 is 5.49. The molecule has 0 aromatic carbocycles. The summed E-state index contributed by atoms with van der Waals surface area (Å²) in [6.07, 6.45) is 0.174. The van der Waals surface area contributed by atoms with Crippen LogP contribution < -0.4 is 16.2 Å². The van der Waals surface area contributed by atoms with Crippen LogP contribution in [0.2, 0.25) is 0 Å². The number of morpholine rings is 1. The summed E-state index contributed by atoms with van der Waals surface area (Å²) in [5.74, 6) is 5.55. The van der Waals surface area contributed by atoms with Gasteiger partial charge in [-0.05, 0) is 31.5 Å². The first-order chi connectivity index (χ1) is 8.60. The third kappa shape index (κ3) is 2.77. The third-order valence-electron chi connectivity index (χ3n) is 2.88. The van der Waals surface area contributed by atoms with E-state index in [4.69, 9.17) is 10.6 Å². The van der Waals surface area contributed by atoms with E-state index < -0.39 is 0 Å². The number of aryl methyl sites for hydroxylation is 1. The molecule has 6 nitrogen and oxygen atoms in total. The van der Waals surface area contributed by atoms with Crippen LogP contribution in [0.3, 0.4) is 0 Å². The summed E-state index contributed by atoms with van der Waals surface area (Å²) in [6.45, 7) is 6.19. The number of nitrogen functional groups attached to an aromatic ring is 1. The normalized spacial score (nSPS) is 19.7. The second-order valence-electron chi connectivity index (χ2n) is 4.49. The molecule has 1 aromatic rings. The molecule has 3 N–H and O–H groups in total. The summed E-state index contributed by atoms with van der Waals surface area (Å²) in [5, 5.41) is 0. The van der Waals surface area contributed by atoms with Crippen molar-refractivity contribution in [2.75, 3.05) is 24.6 Å². The molecule has 0 bridgehead atoms. The van der Waals surface area contributed by atoms with Gasteiger partial charge in [0, 0.05) is 13.1 Å². The molecule has 2 heterocycles. The number of hydrogen-bond acceptors (Lipinski definition) is 5. The van der Waals surface area contributed by atoms with Crippen molar-refractivity contribution < 1.29 is 9.53 Å². The number of anilines is 1. The van der Waals surface area contributed by atoms with Crippen LogP contribution in [0.1, 0.15) is 23.0 Å². The molecule has 1 aliphatic rings. The smallest absolute Gasteiger partial charge is 0.283 e. The largest absolute Gasteiger partial charge is 0.375 e. The van der Waals surface area contributed by atoms with Crippen LogP contribution in [0.4, 0.5) is 5.82 Å². The van der Waals surface area contributed by atoms with Crippen molar-refractivity contribution in [1.29, 1.82) is 0 Å². The van der Waals surface area contributed by atoms with Crippen molar-refractivity contribution in [1.82, 2.24) is 10.4 Å². The summed E-state index contributed by atoms with van der Waals surface area (Å²) in [4.78, 5) is 18.0. The molecule has 1 amide bonds. The van der Waals surface area contributed by atoms with E-state index in [-0.39, 0.29) is 12.0 Å². The molecule has 1 aliphatic heterocycles. The zero-order chi connectivity index (χ0) is 13.1. The molecule has 0 spiro atoms. The van der Waals surface area contributed by atoms with Crippen LogP contribution in [0.15, 0.2) is 12.1 Å². The summed E-state index contributed by atoms with van der Waals surface area (Å²) in [5.41, 5.74) is 3.43. The van der Waals surface area contributed by atoms with Crippen LogP contribution in [-0.2, 0) is 4.74 Å². The van der Waals surface area contributed by atoms with E-state index in [2.05, 4.69) is 15.3 Å². The Morgan fingerprint density at radius 3 is 3.06 bits per heavy atom. The second kappa shape index (κ2) is 5.32. The lowest BCUT2D eigenvalue weighted by atomic mass is 10.2. The van der Waals surface area contributed by atoms with E-state index in [1.165, 1.54) is 0 Å². The maximum atomic E-state index is 11.5. The lowest BCUT2D eigenvalue weighted by molar-refractivity contribution is 0.0529. The van der Waals surface area contributed by atoms with E-state index in [0.29, 0.717) is 12.3 Å². The van der Waals surface area contributed by atoms with Gasteiger partial charge in [-0.1, -0.05) is 0 Å². The number of aromatic nitrogens is 1. The molecular weight excluding hydrogens is 232 g/mol. The second-order valence-corrected chi connectivity index (χ2v) is 4.49. The maximum absolute atomic E-state index is 11.5. The van der Waals surface area contributed by atoms with Gasteiger partial charge in [-0.2, -0.15) is 0 Å². The van der Waals surface area contributed by atoms with E-state index in [1.54, 1.807) is 6.07 Å². The number of ether oxygens (including phenoxy) is 1. The zero-order valence-electron chi connectivity index (χ0n) is 10.6. The summed E-state index contributed by atoms with van der Waals surface area (Å²) >= 11 is 0. The molecule has 2 rings (SSSR count). The van der Waals surface area contributed by atoms with Gasteiger partial charge in [-0.3, -0.25) is 10.2 Å². The van der Waals surface area contributed by atoms with Gasteiger partial charge in [0.15, 0.2) is 0 Å². The molecule has 18 heavy (non-hydrogen) atoms. The zero-order valence-corrected chi connectivity index (χ0v) is 10.6. The molecule has 0 saturated carbocycles. The minimum absolute atomic E-state index is 0.174. The molecule has 0 radical (unpaired) electrons. The number of carbonyl (C=O) groups is 1. The van der Waals surface area contributed by atoms with Crippen molar-refractivity contribution in [3.63, 3.8) is 0 Å². The Hall–Kier alpha value is -1.66. The molecule has 0 aliphatic carbocycles. The number of nitrogens with zero attached hydrogens (tertiary/aromatic N) is 2. The Morgan fingerprint density at radius 2 is 2.39 bits per heavy atom. The number of carbonyl (C=O) groups excluding carboxylic acids is 1. The lowest BCUT2D eigenvalue weighted by Crippen LogP contribution is -2.42. The average molecular weight is 250 g/mol. The van der Waals surface area contributed by atoms with Gasteiger partial charge in [0.25, 0.3) is 5.91 Å². The monoisotopic (exact) mass is 250 g/mol. The van der Waals surface area contributed by atoms with Crippen molar-refractivity contribution in [3.05, 3.63) is 23.4 Å². The van der Waals surface area contributed by atoms with Crippen molar-refractivity contribution in [2.24, 2.45) is 5.84 Å². The van der Waals surface area contributed by atoms with Gasteiger partial charge in [-0.15, -0.1) is 0 Å². The predicted molar refractivity (Wildman–Crippen MR) is 68.3 cm³/mol. The van der Waals surface area contributed by atoms with Crippen LogP contribution in [0.25, 0.3) is 0 Å². The highest BCUT2D eigenvalue weighted by atomic mass is 16.5. The molecule has 98 valence electrons. The fraction of sp³-hybridized carbons (Fsp3) is 0.500. The number of amides is 1. The first-order valence-corrected chi connectivity index (χ1v) is 5.96. The first kappa shape index (κ1) is 12.8. The predicted octanol–water partition coefficient (Wildman–Crippen LogP) is 0.219. The van der Waals surface area contributed by atoms with Crippen LogP contribution in [0.5, 0.6) is 0 Å². The van der Waals surface area contributed by atoms with E-state index >= 15 is 0 Å². The fourth-order valence-corrected chi connectivity index (χ4v) is 2.03. The Kier molecular flexibility index (Phi) is 3.78. The number of rotatable bonds is 2. The highest BCUT2D eigenvalue weighted by molar-refractivity contribution is 5.92. The number of hydrazine groups is 1. The Morgan fingerprint density at radius 1 is 1.61 bits per heavy atom. The lowest BCUT2D eigenvalue weighted by Gasteiger charge is -2.32. The Bertz CT molecular complexity index is 450. The summed E-state index contributed by atoms with van der Waals surface area (Å²) in [6, 6.07) is 3.68. The SMILES string of the molecule is Cc1cc(C(=O)NN)nc(N2CCO[C@H](C)C2)c1. The van der Waals surface area contributed by atoms with Crippen LogP contribution in [0, 0.1) is 6.92 Å². The van der Waals surface area contributed by atoms with Gasteiger partial charge in [0.1, 0.15) is 11.5 Å². The molecule has 1 atom stereocenters. The van der Waals surface area contributed by atoms with Gasteiger partial charge in [0.2, 0.25) is 0 Å². The average Bonchev–Trinajstić information content (AvgIpc) is 2.37. The number of nitrogens with one attached hydrogen (secondary N) is 1. The maximum Gasteiger partial charge on any atom is 0.283 e. The number of hydrogen-bond donors (Lipinski definition) is 2. The van der Waals surface area contributed by atoms with E-state index in [1.807, 2.05) is 19.9 Å². The van der Waals surface area contributed by atoms with Crippen molar-refractivity contribution in [2.45, 2.75) is 20.0 Å². The molecule has 1 saturated heterocycles. The Labute approximate surface area is 106 Å². The number of nitrogens with two attached hydrogens (primary N) is 1. The van der Waals surface area contributed by atoms with Gasteiger partial charge in [0.05, 0.1) is 12.7 Å². The van der Waals surface area contributed by atoms with Crippen LogP contribution >= 0.6 is 0 Å². The fourth-order valence-electron chi connectivity index (χ4n) is 2.03. The van der Waals surface area contributed by atoms with Gasteiger partial charge >= 0.3 is 0 Å². The van der Waals surface area contributed by atoms with Crippen molar-refractivity contribution >= 4 is 11.7 Å². The van der Waals surface area contributed by atoms with Crippen molar-refractivity contribution in [3.8, 4) is 0 Å². The molecule has 1 aromatic heterocycles. The van der Waals surface area contributed by atoms with Gasteiger partial charge in [-0.25, -0.2) is 10.8 Å². The number of pyridine rings is 1. The topological polar surface area (TPSA) is 80.5 Å². The minimum atomic E-state index is -0.374. The molecule has 1 fully saturated rings. The first-order valence-electron chi connectivity index (χ1n) is 5.96. The van der Waals surface area contributed by atoms with E-state index in [9.17, 15) is 4.79 Å². The Balaban J connectivity index is 2.27. The minimum Gasteiger partial charge on any atom is -0.375 e. The molecule has 6 heteroatoms. The third-order valence-corrected chi connectivity index (χ3v) is 2.88. The van der Waals surface area contributed by atoms with E-state index in [0.717, 1.165) is 24.5 Å². The highest BCUT2D eigenvalue weighted by Crippen LogP contribution is 2.17. The standard InChI is InChI=1S/C12H18N4O2/c1-8-5-10(12(17)15-13)14-11(6-8)16-3-4-18-9(2)7-16/h5-6,9H,3-4,7,13H2,1-2H3,(H,15,17)/t9-/m1/s1. The van der Waals surface area contributed by atoms with Crippen LogP contribution in [-0.4, -0.2) is 36.7 Å². The van der Waals surface area contributed by atoms with Gasteiger partial charge < -0.3 is 9.64 Å². The highest BCUT2D eigenvalue weighted by Gasteiger charge is 2.19.